The van der Waals surface area contributed by atoms with E-state index in [9.17, 15) is 4.79 Å². The van der Waals surface area contributed by atoms with Crippen molar-refractivity contribution in [3.8, 4) is 0 Å². The minimum Gasteiger partial charge on any atom is -0.323 e. The number of carbonyl (C=O) groups is 1. The summed E-state index contributed by atoms with van der Waals surface area (Å²) in [7, 11) is 0. The molecule has 0 aliphatic carbocycles. The minimum absolute atomic E-state index is 0.0520. The molecule has 0 bridgehead atoms. The molecule has 3 unspecified atom stereocenters. The lowest BCUT2D eigenvalue weighted by atomic mass is 9.99. The number of amides is 1. The van der Waals surface area contributed by atoms with E-state index in [1.807, 2.05) is 11.8 Å². The molecule has 2 rings (SSSR count). The maximum Gasteiger partial charge on any atom is 0.241 e. The molecule has 2 heterocycles. The van der Waals surface area contributed by atoms with Crippen LogP contribution in [0.15, 0.2) is 0 Å². The van der Waals surface area contributed by atoms with Crippen LogP contribution >= 0.6 is 11.8 Å². The molecule has 0 saturated carbocycles. The molecule has 1 amide bonds. The number of rotatable bonds is 5. The molecule has 3 nitrogen and oxygen atoms in total. The third-order valence-electron chi connectivity index (χ3n) is 4.59. The highest BCUT2D eigenvalue weighted by Crippen LogP contribution is 2.29. The number of carbonyl (C=O) groups excluding carboxylic acids is 1. The van der Waals surface area contributed by atoms with Crippen molar-refractivity contribution in [2.75, 3.05) is 11.5 Å². The largest absolute Gasteiger partial charge is 0.323 e. The van der Waals surface area contributed by atoms with Gasteiger partial charge >= 0.3 is 0 Å². The summed E-state index contributed by atoms with van der Waals surface area (Å²) >= 11 is 2.03. The van der Waals surface area contributed by atoms with Crippen LogP contribution in [0.1, 0.15) is 52.9 Å². The Morgan fingerprint density at radius 2 is 2.05 bits per heavy atom. The zero-order valence-corrected chi connectivity index (χ0v) is 13.3. The molecule has 0 aromatic carbocycles. The summed E-state index contributed by atoms with van der Waals surface area (Å²) in [5.74, 6) is 3.22. The minimum atomic E-state index is 0.0520. The van der Waals surface area contributed by atoms with Crippen LogP contribution in [0, 0.1) is 5.92 Å². The zero-order valence-electron chi connectivity index (χ0n) is 12.5. The first-order valence-electron chi connectivity index (χ1n) is 7.85. The summed E-state index contributed by atoms with van der Waals surface area (Å²) in [5, 5.41) is 3.61. The SMILES string of the molecule is CCCC1NC(C(C)CC)C(=O)N1C1CCSCC1. The molecule has 0 aromatic rings. The lowest BCUT2D eigenvalue weighted by molar-refractivity contribution is -0.133. The van der Waals surface area contributed by atoms with Gasteiger partial charge in [0.2, 0.25) is 5.91 Å². The van der Waals surface area contributed by atoms with Crippen LogP contribution in [0.25, 0.3) is 0 Å². The Hall–Kier alpha value is -0.220. The van der Waals surface area contributed by atoms with Crippen LogP contribution in [0.3, 0.4) is 0 Å². The van der Waals surface area contributed by atoms with Crippen LogP contribution in [0.2, 0.25) is 0 Å². The van der Waals surface area contributed by atoms with Crippen molar-refractivity contribution < 1.29 is 4.79 Å². The number of nitrogens with one attached hydrogen (secondary N) is 1. The molecule has 2 aliphatic heterocycles. The van der Waals surface area contributed by atoms with Gasteiger partial charge in [-0.3, -0.25) is 10.1 Å². The van der Waals surface area contributed by atoms with Gasteiger partial charge in [-0.2, -0.15) is 11.8 Å². The third-order valence-corrected chi connectivity index (χ3v) is 5.64. The quantitative estimate of drug-likeness (QED) is 0.842. The summed E-state index contributed by atoms with van der Waals surface area (Å²) in [6, 6.07) is 0.531. The fourth-order valence-corrected chi connectivity index (χ4v) is 4.29. The molecule has 0 spiro atoms. The predicted molar refractivity (Wildman–Crippen MR) is 82.3 cm³/mol. The summed E-state index contributed by atoms with van der Waals surface area (Å²) in [6.45, 7) is 6.57. The smallest absolute Gasteiger partial charge is 0.241 e. The van der Waals surface area contributed by atoms with E-state index in [1.54, 1.807) is 0 Å². The van der Waals surface area contributed by atoms with Gasteiger partial charge in [-0.1, -0.05) is 33.6 Å². The Labute approximate surface area is 121 Å². The highest BCUT2D eigenvalue weighted by atomic mass is 32.2. The molecule has 4 heteroatoms. The fourth-order valence-electron chi connectivity index (χ4n) is 3.21. The van der Waals surface area contributed by atoms with Crippen molar-refractivity contribution in [1.29, 1.82) is 0 Å². The zero-order chi connectivity index (χ0) is 13.8. The second kappa shape index (κ2) is 6.98. The van der Waals surface area contributed by atoms with Gasteiger partial charge in [0.05, 0.1) is 12.2 Å². The van der Waals surface area contributed by atoms with E-state index in [4.69, 9.17) is 0 Å². The Bertz CT molecular complexity index is 305. The average molecular weight is 284 g/mol. The third kappa shape index (κ3) is 3.27. The average Bonchev–Trinajstić information content (AvgIpc) is 2.76. The van der Waals surface area contributed by atoms with Gasteiger partial charge in [0.1, 0.15) is 0 Å². The Balaban J connectivity index is 2.10. The molecular weight excluding hydrogens is 256 g/mol. The second-order valence-corrected chi connectivity index (χ2v) is 7.15. The number of hydrogen-bond acceptors (Lipinski definition) is 3. The van der Waals surface area contributed by atoms with Gasteiger partial charge in [-0.05, 0) is 36.7 Å². The second-order valence-electron chi connectivity index (χ2n) is 5.92. The molecule has 3 atom stereocenters. The van der Waals surface area contributed by atoms with Crippen molar-refractivity contribution >= 4 is 17.7 Å². The Morgan fingerprint density at radius 1 is 1.37 bits per heavy atom. The van der Waals surface area contributed by atoms with Crippen molar-refractivity contribution in [2.45, 2.75) is 71.1 Å². The normalized spacial score (nSPS) is 30.9. The molecule has 2 aliphatic rings. The fraction of sp³-hybridized carbons (Fsp3) is 0.933. The van der Waals surface area contributed by atoms with E-state index in [1.165, 1.54) is 24.3 Å². The number of nitrogens with zero attached hydrogens (tertiary/aromatic N) is 1. The van der Waals surface area contributed by atoms with Crippen LogP contribution in [-0.4, -0.2) is 40.6 Å². The van der Waals surface area contributed by atoms with Crippen LogP contribution in [0.5, 0.6) is 0 Å². The van der Waals surface area contributed by atoms with E-state index in [0.29, 0.717) is 17.9 Å². The van der Waals surface area contributed by atoms with Gasteiger partial charge in [0.25, 0.3) is 0 Å². The molecule has 2 saturated heterocycles. The van der Waals surface area contributed by atoms with E-state index >= 15 is 0 Å². The Morgan fingerprint density at radius 3 is 2.63 bits per heavy atom. The van der Waals surface area contributed by atoms with E-state index < -0.39 is 0 Å². The monoisotopic (exact) mass is 284 g/mol. The van der Waals surface area contributed by atoms with Crippen LogP contribution < -0.4 is 5.32 Å². The maximum atomic E-state index is 12.7. The lowest BCUT2D eigenvalue weighted by Gasteiger charge is -2.35. The molecule has 19 heavy (non-hydrogen) atoms. The van der Waals surface area contributed by atoms with Crippen LogP contribution in [0.4, 0.5) is 0 Å². The first-order chi connectivity index (χ1) is 9.19. The van der Waals surface area contributed by atoms with Gasteiger partial charge in [-0.25, -0.2) is 0 Å². The lowest BCUT2D eigenvalue weighted by Crippen LogP contribution is -2.46. The predicted octanol–water partition coefficient (Wildman–Crippen LogP) is 2.85. The van der Waals surface area contributed by atoms with Gasteiger partial charge in [0.15, 0.2) is 0 Å². The molecular formula is C15H28N2OS. The first kappa shape index (κ1) is 15.2. The molecule has 2 fully saturated rings. The number of hydrogen-bond donors (Lipinski definition) is 1. The first-order valence-corrected chi connectivity index (χ1v) is 9.00. The topological polar surface area (TPSA) is 32.3 Å². The van der Waals surface area contributed by atoms with E-state index in [2.05, 4.69) is 31.0 Å². The molecule has 0 aromatic heterocycles. The highest BCUT2D eigenvalue weighted by Gasteiger charge is 2.43. The van der Waals surface area contributed by atoms with Crippen molar-refractivity contribution in [2.24, 2.45) is 5.92 Å². The van der Waals surface area contributed by atoms with Crippen LogP contribution in [-0.2, 0) is 4.79 Å². The van der Waals surface area contributed by atoms with Crippen molar-refractivity contribution in [3.63, 3.8) is 0 Å². The van der Waals surface area contributed by atoms with Gasteiger partial charge in [0, 0.05) is 6.04 Å². The van der Waals surface area contributed by atoms with Crippen molar-refractivity contribution in [3.05, 3.63) is 0 Å². The van der Waals surface area contributed by atoms with Gasteiger partial charge in [-0.15, -0.1) is 0 Å². The summed E-state index contributed by atoms with van der Waals surface area (Å²) in [4.78, 5) is 15.0. The molecule has 0 radical (unpaired) electrons. The van der Waals surface area contributed by atoms with E-state index in [0.717, 1.165) is 19.3 Å². The summed E-state index contributed by atoms with van der Waals surface area (Å²) in [5.41, 5.74) is 0. The Kier molecular flexibility index (Phi) is 5.58. The van der Waals surface area contributed by atoms with E-state index in [-0.39, 0.29) is 12.2 Å². The van der Waals surface area contributed by atoms with Gasteiger partial charge < -0.3 is 4.90 Å². The van der Waals surface area contributed by atoms with Crippen molar-refractivity contribution in [1.82, 2.24) is 10.2 Å². The molecule has 110 valence electrons. The summed E-state index contributed by atoms with van der Waals surface area (Å²) in [6.07, 6.45) is 5.91. The highest BCUT2D eigenvalue weighted by molar-refractivity contribution is 7.99. The summed E-state index contributed by atoms with van der Waals surface area (Å²) < 4.78 is 0. The standard InChI is InChI=1S/C15H28N2OS/c1-4-6-13-16-14(11(3)5-2)15(18)17(13)12-7-9-19-10-8-12/h11-14,16H,4-10H2,1-3H3. The maximum absolute atomic E-state index is 12.7. The number of thioether (sulfide) groups is 1. The molecule has 1 N–H and O–H groups in total.